The van der Waals surface area contributed by atoms with E-state index >= 15 is 0 Å². The number of halogens is 5. The van der Waals surface area contributed by atoms with Gasteiger partial charge in [-0.2, -0.15) is 0 Å². The van der Waals surface area contributed by atoms with Gasteiger partial charge in [-0.25, -0.2) is 17.6 Å². The minimum atomic E-state index is -2.84. The van der Waals surface area contributed by atoms with Crippen LogP contribution in [0.1, 0.15) is 18.0 Å². The van der Waals surface area contributed by atoms with Crippen LogP contribution < -0.4 is 5.32 Å². The Labute approximate surface area is 96.3 Å². The molecule has 1 aromatic carbocycles. The average molecular weight is 256 g/mol. The summed E-state index contributed by atoms with van der Waals surface area (Å²) in [5.41, 5.74) is -0.0350. The molecule has 1 nitrogen and oxygen atoms in total. The molecule has 1 unspecified atom stereocenters. The van der Waals surface area contributed by atoms with E-state index in [0.717, 1.165) is 18.2 Å². The van der Waals surface area contributed by atoms with E-state index in [0.29, 0.717) is 0 Å². The summed E-state index contributed by atoms with van der Waals surface area (Å²) in [6, 6.07) is 2.05. The number of hydrogen-bond acceptors (Lipinski definition) is 1. The monoisotopic (exact) mass is 255 g/mol. The Morgan fingerprint density at radius 1 is 1.25 bits per heavy atom. The van der Waals surface area contributed by atoms with E-state index in [1.165, 1.54) is 0 Å². The second kappa shape index (κ2) is 4.59. The molecule has 2 rings (SSSR count). The van der Waals surface area contributed by atoms with Crippen LogP contribution >= 0.6 is 12.4 Å². The van der Waals surface area contributed by atoms with Crippen molar-refractivity contribution in [1.29, 1.82) is 0 Å². The molecule has 1 aromatic rings. The van der Waals surface area contributed by atoms with Gasteiger partial charge < -0.3 is 5.32 Å². The fourth-order valence-electron chi connectivity index (χ4n) is 1.72. The molecule has 0 aromatic heterocycles. The van der Waals surface area contributed by atoms with E-state index in [-0.39, 0.29) is 18.0 Å². The molecule has 1 aliphatic rings. The van der Waals surface area contributed by atoms with Crippen LogP contribution in [0.15, 0.2) is 18.2 Å². The fraction of sp³-hybridized carbons (Fsp3) is 0.400. The van der Waals surface area contributed by atoms with Gasteiger partial charge in [0.15, 0.2) is 0 Å². The van der Waals surface area contributed by atoms with E-state index in [1.807, 2.05) is 0 Å². The van der Waals surface area contributed by atoms with Crippen LogP contribution in [0.2, 0.25) is 0 Å². The number of hydrogen-bond donors (Lipinski definition) is 1. The molecule has 1 atom stereocenters. The van der Waals surface area contributed by atoms with Crippen LogP contribution in [-0.4, -0.2) is 12.5 Å². The van der Waals surface area contributed by atoms with Crippen molar-refractivity contribution in [3.05, 3.63) is 35.4 Å². The van der Waals surface area contributed by atoms with Crippen molar-refractivity contribution in [3.63, 3.8) is 0 Å². The average Bonchev–Trinajstić information content (AvgIpc) is 2.50. The number of benzene rings is 1. The van der Waals surface area contributed by atoms with Crippen LogP contribution in [0.5, 0.6) is 0 Å². The summed E-state index contributed by atoms with van der Waals surface area (Å²) in [7, 11) is 0. The third kappa shape index (κ3) is 2.65. The summed E-state index contributed by atoms with van der Waals surface area (Å²) < 4.78 is 51.7. The third-order valence-electron chi connectivity index (χ3n) is 2.44. The summed E-state index contributed by atoms with van der Waals surface area (Å²) in [6.07, 6.45) is -0.493. The Balaban J connectivity index is 0.00000128. The molecular weight excluding hydrogens is 246 g/mol. The zero-order valence-electron chi connectivity index (χ0n) is 8.14. The number of alkyl halides is 2. The first-order valence-electron chi connectivity index (χ1n) is 4.54. The Hall–Kier alpha value is -0.810. The number of rotatable bonds is 1. The minimum Gasteiger partial charge on any atom is -0.304 e. The van der Waals surface area contributed by atoms with Crippen molar-refractivity contribution < 1.29 is 17.6 Å². The highest BCUT2D eigenvalue weighted by atomic mass is 35.5. The Morgan fingerprint density at radius 3 is 2.50 bits per heavy atom. The SMILES string of the molecule is Cl.Fc1ccc(F)c(C2CC(F)(F)CN2)c1. The summed E-state index contributed by atoms with van der Waals surface area (Å²) in [5.74, 6) is -4.13. The largest absolute Gasteiger partial charge is 0.304 e. The molecule has 1 aliphatic heterocycles. The Morgan fingerprint density at radius 2 is 1.94 bits per heavy atom. The highest BCUT2D eigenvalue weighted by molar-refractivity contribution is 5.85. The van der Waals surface area contributed by atoms with Gasteiger partial charge in [0.1, 0.15) is 11.6 Å². The molecule has 0 aliphatic carbocycles. The van der Waals surface area contributed by atoms with Crippen LogP contribution in [0, 0.1) is 11.6 Å². The highest BCUT2D eigenvalue weighted by Crippen LogP contribution is 2.34. The van der Waals surface area contributed by atoms with Gasteiger partial charge in [-0.3, -0.25) is 0 Å². The second-order valence-corrected chi connectivity index (χ2v) is 3.66. The van der Waals surface area contributed by atoms with Crippen molar-refractivity contribution in [2.24, 2.45) is 0 Å². The molecule has 1 saturated heterocycles. The van der Waals surface area contributed by atoms with E-state index in [2.05, 4.69) is 5.32 Å². The number of nitrogens with one attached hydrogen (secondary N) is 1. The molecule has 0 bridgehead atoms. The van der Waals surface area contributed by atoms with Crippen LogP contribution in [0.25, 0.3) is 0 Å². The fourth-order valence-corrected chi connectivity index (χ4v) is 1.72. The lowest BCUT2D eigenvalue weighted by Gasteiger charge is -2.11. The molecule has 0 spiro atoms. The molecule has 1 N–H and O–H groups in total. The molecule has 16 heavy (non-hydrogen) atoms. The molecular formula is C10H10ClF4N. The Kier molecular flexibility index (Phi) is 3.80. The standard InChI is InChI=1S/C10H9F4N.ClH/c11-6-1-2-8(12)7(3-6)9-4-10(13,14)5-15-9;/h1-3,9,15H,4-5H2;1H. The molecule has 0 radical (unpaired) electrons. The van der Waals surface area contributed by atoms with Crippen LogP contribution in [0.4, 0.5) is 17.6 Å². The molecule has 6 heteroatoms. The predicted molar refractivity (Wildman–Crippen MR) is 53.9 cm³/mol. The molecule has 90 valence electrons. The van der Waals surface area contributed by atoms with Crippen molar-refractivity contribution >= 4 is 12.4 Å². The minimum absolute atomic E-state index is 0. The predicted octanol–water partition coefficient (Wildman–Crippen LogP) is 3.06. The van der Waals surface area contributed by atoms with Crippen molar-refractivity contribution in [3.8, 4) is 0 Å². The maximum absolute atomic E-state index is 13.2. The molecule has 1 heterocycles. The van der Waals surface area contributed by atoms with Gasteiger partial charge in [-0.1, -0.05) is 0 Å². The summed E-state index contributed by atoms with van der Waals surface area (Å²) in [6.45, 7) is -0.492. The maximum atomic E-state index is 13.2. The van der Waals surface area contributed by atoms with Crippen LogP contribution in [0.3, 0.4) is 0 Å². The van der Waals surface area contributed by atoms with Gasteiger partial charge in [0, 0.05) is 18.0 Å². The van der Waals surface area contributed by atoms with E-state index in [1.54, 1.807) is 0 Å². The zero-order valence-corrected chi connectivity index (χ0v) is 8.96. The van der Waals surface area contributed by atoms with Gasteiger partial charge in [-0.05, 0) is 18.2 Å². The quantitative estimate of drug-likeness (QED) is 0.761. The summed E-state index contributed by atoms with van der Waals surface area (Å²) in [4.78, 5) is 0. The van der Waals surface area contributed by atoms with Gasteiger partial charge >= 0.3 is 0 Å². The highest BCUT2D eigenvalue weighted by Gasteiger charge is 2.40. The summed E-state index contributed by atoms with van der Waals surface area (Å²) in [5, 5.41) is 2.47. The lowest BCUT2D eigenvalue weighted by molar-refractivity contribution is 0.0209. The van der Waals surface area contributed by atoms with Gasteiger partial charge in [0.2, 0.25) is 0 Å². The smallest absolute Gasteiger partial charge is 0.262 e. The first kappa shape index (κ1) is 13.3. The first-order valence-corrected chi connectivity index (χ1v) is 4.54. The lowest BCUT2D eigenvalue weighted by atomic mass is 10.0. The molecule has 0 amide bonds. The summed E-state index contributed by atoms with van der Waals surface area (Å²) >= 11 is 0. The topological polar surface area (TPSA) is 12.0 Å². The normalized spacial score (nSPS) is 22.9. The molecule has 0 saturated carbocycles. The van der Waals surface area contributed by atoms with Crippen molar-refractivity contribution in [1.82, 2.24) is 5.32 Å². The van der Waals surface area contributed by atoms with Gasteiger partial charge in [0.05, 0.1) is 6.54 Å². The van der Waals surface area contributed by atoms with E-state index < -0.39 is 36.6 Å². The van der Waals surface area contributed by atoms with Crippen molar-refractivity contribution in [2.75, 3.05) is 6.54 Å². The van der Waals surface area contributed by atoms with Crippen LogP contribution in [-0.2, 0) is 0 Å². The first-order chi connectivity index (χ1) is 6.98. The van der Waals surface area contributed by atoms with Gasteiger partial charge in [-0.15, -0.1) is 12.4 Å². The van der Waals surface area contributed by atoms with Gasteiger partial charge in [0.25, 0.3) is 5.92 Å². The van der Waals surface area contributed by atoms with Crippen molar-refractivity contribution in [2.45, 2.75) is 18.4 Å². The van der Waals surface area contributed by atoms with E-state index in [4.69, 9.17) is 0 Å². The second-order valence-electron chi connectivity index (χ2n) is 3.66. The maximum Gasteiger partial charge on any atom is 0.262 e. The zero-order chi connectivity index (χ0) is 11.1. The lowest BCUT2D eigenvalue weighted by Crippen LogP contribution is -2.19. The Bertz CT molecular complexity index is 383. The van der Waals surface area contributed by atoms with E-state index in [9.17, 15) is 17.6 Å². The third-order valence-corrected chi connectivity index (χ3v) is 2.44. The molecule has 1 fully saturated rings.